The van der Waals surface area contributed by atoms with Crippen LogP contribution in [0.5, 0.6) is 5.75 Å². The summed E-state index contributed by atoms with van der Waals surface area (Å²) in [6.07, 6.45) is -4.73. The number of esters is 1. The first-order chi connectivity index (χ1) is 12.2. The lowest BCUT2D eigenvalue weighted by molar-refractivity contribution is -0.274. The van der Waals surface area contributed by atoms with Crippen LogP contribution >= 0.6 is 0 Å². The number of carbonyl (C=O) groups excluding carboxylic acids is 1. The van der Waals surface area contributed by atoms with Gasteiger partial charge in [-0.25, -0.2) is 0 Å². The minimum absolute atomic E-state index is 0.0214. The van der Waals surface area contributed by atoms with Gasteiger partial charge < -0.3 is 15.2 Å². The number of ether oxygens (including phenoxy) is 2. The summed E-state index contributed by atoms with van der Waals surface area (Å²) in [5.41, 5.74) is 8.90. The topological polar surface area (TPSA) is 61.5 Å². The van der Waals surface area contributed by atoms with Gasteiger partial charge in [-0.05, 0) is 54.3 Å². The molecular formula is C19H20F3NO3. The predicted octanol–water partition coefficient (Wildman–Crippen LogP) is 4.51. The van der Waals surface area contributed by atoms with Gasteiger partial charge in [-0.1, -0.05) is 24.3 Å². The molecule has 140 valence electrons. The fraction of sp³-hybridized carbons (Fsp3) is 0.316. The number of aryl methyl sites for hydroxylation is 1. The average Bonchev–Trinajstić information content (AvgIpc) is 2.54. The molecule has 0 unspecified atom stereocenters. The summed E-state index contributed by atoms with van der Waals surface area (Å²) in [6, 6.07) is 10.5. The van der Waals surface area contributed by atoms with Gasteiger partial charge in [0, 0.05) is 6.04 Å². The Morgan fingerprint density at radius 1 is 1.19 bits per heavy atom. The van der Waals surface area contributed by atoms with Crippen LogP contribution < -0.4 is 10.5 Å². The summed E-state index contributed by atoms with van der Waals surface area (Å²) in [5.74, 6) is -0.696. The lowest BCUT2D eigenvalue weighted by atomic mass is 9.94. The van der Waals surface area contributed by atoms with Gasteiger partial charge in [0.05, 0.1) is 13.0 Å². The Labute approximate surface area is 149 Å². The Balaban J connectivity index is 2.30. The summed E-state index contributed by atoms with van der Waals surface area (Å²) in [4.78, 5) is 11.6. The quantitative estimate of drug-likeness (QED) is 0.763. The van der Waals surface area contributed by atoms with Crippen molar-refractivity contribution < 1.29 is 27.4 Å². The lowest BCUT2D eigenvalue weighted by Crippen LogP contribution is -2.17. The van der Waals surface area contributed by atoms with E-state index in [9.17, 15) is 18.0 Å². The maximum absolute atomic E-state index is 12.4. The summed E-state index contributed by atoms with van der Waals surface area (Å²) >= 11 is 0. The smallest absolute Gasteiger partial charge is 0.466 e. The molecule has 2 aromatic carbocycles. The summed E-state index contributed by atoms with van der Waals surface area (Å²) in [7, 11) is 0. The minimum Gasteiger partial charge on any atom is -0.466 e. The zero-order valence-corrected chi connectivity index (χ0v) is 14.5. The van der Waals surface area contributed by atoms with Crippen molar-refractivity contribution in [1.29, 1.82) is 0 Å². The minimum atomic E-state index is -4.75. The van der Waals surface area contributed by atoms with E-state index in [2.05, 4.69) is 4.74 Å². The van der Waals surface area contributed by atoms with Crippen molar-refractivity contribution in [3.05, 3.63) is 53.6 Å². The van der Waals surface area contributed by atoms with Gasteiger partial charge in [-0.2, -0.15) is 0 Å². The molecule has 4 nitrogen and oxygen atoms in total. The maximum Gasteiger partial charge on any atom is 0.573 e. The number of hydrogen-bond donors (Lipinski definition) is 1. The Bertz CT molecular complexity index is 775. The van der Waals surface area contributed by atoms with Gasteiger partial charge in [0.25, 0.3) is 0 Å². The highest BCUT2D eigenvalue weighted by molar-refractivity contribution is 5.72. The van der Waals surface area contributed by atoms with E-state index in [1.165, 1.54) is 18.2 Å². The fourth-order valence-electron chi connectivity index (χ4n) is 2.56. The number of benzene rings is 2. The molecule has 0 aliphatic carbocycles. The first-order valence-electron chi connectivity index (χ1n) is 8.07. The SMILES string of the molecule is CCOC(=O)C[C@H](N)c1ccc(C)c(-c2cccc(OC(F)(F)F)c2)c1. The standard InChI is InChI=1S/C19H20F3NO3/c1-3-25-18(24)11-17(23)14-8-7-12(2)16(10-14)13-5-4-6-15(9-13)26-19(20,21)22/h4-10,17H,3,11,23H2,1-2H3/t17-/m0/s1. The van der Waals surface area contributed by atoms with Crippen LogP contribution in [-0.4, -0.2) is 18.9 Å². The summed E-state index contributed by atoms with van der Waals surface area (Å²) in [6.45, 7) is 3.83. The Morgan fingerprint density at radius 2 is 1.92 bits per heavy atom. The van der Waals surface area contributed by atoms with Crippen LogP contribution in [-0.2, 0) is 9.53 Å². The fourth-order valence-corrected chi connectivity index (χ4v) is 2.56. The van der Waals surface area contributed by atoms with E-state index in [1.54, 1.807) is 25.1 Å². The molecular weight excluding hydrogens is 347 g/mol. The third-order valence-corrected chi connectivity index (χ3v) is 3.76. The van der Waals surface area contributed by atoms with Gasteiger partial charge in [0.15, 0.2) is 0 Å². The average molecular weight is 367 g/mol. The number of rotatable bonds is 6. The van der Waals surface area contributed by atoms with Crippen molar-refractivity contribution in [2.45, 2.75) is 32.7 Å². The number of hydrogen-bond acceptors (Lipinski definition) is 4. The second-order valence-corrected chi connectivity index (χ2v) is 5.77. The molecule has 0 radical (unpaired) electrons. The zero-order chi connectivity index (χ0) is 19.3. The molecule has 0 aromatic heterocycles. The van der Waals surface area contributed by atoms with Gasteiger partial charge in [0.2, 0.25) is 0 Å². The highest BCUT2D eigenvalue weighted by Gasteiger charge is 2.31. The van der Waals surface area contributed by atoms with Crippen molar-refractivity contribution in [3.63, 3.8) is 0 Å². The van der Waals surface area contributed by atoms with Crippen molar-refractivity contribution in [3.8, 4) is 16.9 Å². The largest absolute Gasteiger partial charge is 0.573 e. The number of carbonyl (C=O) groups is 1. The molecule has 7 heteroatoms. The molecule has 26 heavy (non-hydrogen) atoms. The van der Waals surface area contributed by atoms with Gasteiger partial charge >= 0.3 is 12.3 Å². The molecule has 2 N–H and O–H groups in total. The molecule has 0 saturated carbocycles. The maximum atomic E-state index is 12.4. The van der Waals surface area contributed by atoms with E-state index in [1.807, 2.05) is 13.0 Å². The first kappa shape index (κ1) is 19.8. The third kappa shape index (κ3) is 5.49. The molecule has 0 heterocycles. The molecule has 1 atom stereocenters. The second kappa shape index (κ2) is 8.23. The normalized spacial score (nSPS) is 12.5. The molecule has 0 bridgehead atoms. The van der Waals surface area contributed by atoms with Crippen LogP contribution in [0.4, 0.5) is 13.2 Å². The Kier molecular flexibility index (Phi) is 6.26. The van der Waals surface area contributed by atoms with Crippen molar-refractivity contribution >= 4 is 5.97 Å². The van der Waals surface area contributed by atoms with Crippen LogP contribution in [0.1, 0.15) is 30.5 Å². The van der Waals surface area contributed by atoms with Gasteiger partial charge in [-0.3, -0.25) is 4.79 Å². The van der Waals surface area contributed by atoms with E-state index in [0.717, 1.165) is 11.1 Å². The summed E-state index contributed by atoms with van der Waals surface area (Å²) in [5, 5.41) is 0. The van der Waals surface area contributed by atoms with Crippen molar-refractivity contribution in [2.75, 3.05) is 6.61 Å². The number of nitrogens with two attached hydrogens (primary N) is 1. The van der Waals surface area contributed by atoms with Crippen molar-refractivity contribution in [2.24, 2.45) is 5.73 Å². The second-order valence-electron chi connectivity index (χ2n) is 5.77. The van der Waals surface area contributed by atoms with Crippen molar-refractivity contribution in [1.82, 2.24) is 0 Å². The highest BCUT2D eigenvalue weighted by atomic mass is 19.4. The lowest BCUT2D eigenvalue weighted by Gasteiger charge is -2.15. The molecule has 0 fully saturated rings. The molecule has 0 aliphatic rings. The molecule has 2 rings (SSSR count). The molecule has 0 spiro atoms. The predicted molar refractivity (Wildman–Crippen MR) is 91.5 cm³/mol. The van der Waals surface area contributed by atoms with Gasteiger partial charge in [0.1, 0.15) is 5.75 Å². The highest BCUT2D eigenvalue weighted by Crippen LogP contribution is 2.31. The number of halogens is 3. The third-order valence-electron chi connectivity index (χ3n) is 3.76. The van der Waals surface area contributed by atoms with E-state index >= 15 is 0 Å². The number of alkyl halides is 3. The van der Waals surface area contributed by atoms with E-state index in [-0.39, 0.29) is 18.8 Å². The molecule has 0 aliphatic heterocycles. The van der Waals surface area contributed by atoms with Crippen LogP contribution in [0.2, 0.25) is 0 Å². The van der Waals surface area contributed by atoms with Crippen LogP contribution in [0, 0.1) is 6.92 Å². The van der Waals surface area contributed by atoms with E-state index < -0.39 is 18.4 Å². The Morgan fingerprint density at radius 3 is 2.58 bits per heavy atom. The summed E-state index contributed by atoms with van der Waals surface area (Å²) < 4.78 is 46.1. The first-order valence-corrected chi connectivity index (χ1v) is 8.07. The van der Waals surface area contributed by atoms with Crippen LogP contribution in [0.3, 0.4) is 0 Å². The Hall–Kier alpha value is -2.54. The molecule has 2 aromatic rings. The van der Waals surface area contributed by atoms with Crippen LogP contribution in [0.15, 0.2) is 42.5 Å². The van der Waals surface area contributed by atoms with E-state index in [0.29, 0.717) is 11.1 Å². The van der Waals surface area contributed by atoms with E-state index in [4.69, 9.17) is 10.5 Å². The molecule has 0 saturated heterocycles. The monoisotopic (exact) mass is 367 g/mol. The van der Waals surface area contributed by atoms with Crippen LogP contribution in [0.25, 0.3) is 11.1 Å². The zero-order valence-electron chi connectivity index (χ0n) is 14.5. The molecule has 0 amide bonds. The van der Waals surface area contributed by atoms with Gasteiger partial charge in [-0.15, -0.1) is 13.2 Å².